The van der Waals surface area contributed by atoms with Gasteiger partial charge in [-0.15, -0.1) is 6.58 Å². The molecular formula is C19H34O4. The van der Waals surface area contributed by atoms with Gasteiger partial charge in [-0.2, -0.15) is 0 Å². The van der Waals surface area contributed by atoms with Gasteiger partial charge in [0.2, 0.25) is 0 Å². The first kappa shape index (κ1) is 21.7. The van der Waals surface area contributed by atoms with Crippen LogP contribution in [0.2, 0.25) is 0 Å². The summed E-state index contributed by atoms with van der Waals surface area (Å²) < 4.78 is 5.34. The molecule has 1 atom stereocenters. The van der Waals surface area contributed by atoms with Crippen LogP contribution in [0.25, 0.3) is 0 Å². The largest absolute Gasteiger partial charge is 0.481 e. The third-order valence-corrected chi connectivity index (χ3v) is 3.87. The summed E-state index contributed by atoms with van der Waals surface area (Å²) in [5.74, 6) is -1.15. The molecule has 0 aromatic rings. The Morgan fingerprint density at radius 2 is 1.70 bits per heavy atom. The maximum absolute atomic E-state index is 11.8. The molecular weight excluding hydrogens is 292 g/mol. The number of hydrogen-bond acceptors (Lipinski definition) is 3. The summed E-state index contributed by atoms with van der Waals surface area (Å²) in [6.45, 7) is 5.80. The molecule has 23 heavy (non-hydrogen) atoms. The Morgan fingerprint density at radius 3 is 2.30 bits per heavy atom. The Bertz CT molecular complexity index is 325. The summed E-state index contributed by atoms with van der Waals surface area (Å²) in [6, 6.07) is 0. The van der Waals surface area contributed by atoms with Gasteiger partial charge in [0.15, 0.2) is 0 Å². The first-order chi connectivity index (χ1) is 11.1. The number of aliphatic carboxylic acids is 1. The van der Waals surface area contributed by atoms with E-state index in [0.29, 0.717) is 12.8 Å². The highest BCUT2D eigenvalue weighted by Crippen LogP contribution is 2.14. The van der Waals surface area contributed by atoms with E-state index >= 15 is 0 Å². The van der Waals surface area contributed by atoms with E-state index in [4.69, 9.17) is 9.84 Å². The SMILES string of the molecule is C=CCCCCCCCCC(=O)OC(CCCCC)CC(=O)O. The maximum atomic E-state index is 11.8. The maximum Gasteiger partial charge on any atom is 0.307 e. The average molecular weight is 326 g/mol. The Hall–Kier alpha value is -1.32. The molecule has 0 bridgehead atoms. The van der Waals surface area contributed by atoms with Crippen molar-refractivity contribution in [3.05, 3.63) is 12.7 Å². The standard InChI is InChI=1S/C19H34O4/c1-3-5-7-8-9-10-11-13-15-19(22)23-17(16-18(20)21)14-12-6-4-2/h3,17H,1,4-16H2,2H3,(H,20,21). The van der Waals surface area contributed by atoms with Crippen LogP contribution in [0.4, 0.5) is 0 Å². The number of allylic oxidation sites excluding steroid dienone is 1. The molecule has 0 fully saturated rings. The van der Waals surface area contributed by atoms with E-state index in [1.807, 2.05) is 6.08 Å². The predicted octanol–water partition coefficient (Wildman–Crippen LogP) is 5.26. The summed E-state index contributed by atoms with van der Waals surface area (Å²) in [5.41, 5.74) is 0. The number of esters is 1. The quantitative estimate of drug-likeness (QED) is 0.239. The van der Waals surface area contributed by atoms with E-state index in [9.17, 15) is 9.59 Å². The minimum absolute atomic E-state index is 0.0846. The van der Waals surface area contributed by atoms with Gasteiger partial charge in [0.25, 0.3) is 0 Å². The number of unbranched alkanes of at least 4 members (excludes halogenated alkanes) is 8. The predicted molar refractivity (Wildman–Crippen MR) is 93.4 cm³/mol. The Morgan fingerprint density at radius 1 is 1.04 bits per heavy atom. The Labute approximate surface area is 141 Å². The fraction of sp³-hybridized carbons (Fsp3) is 0.789. The van der Waals surface area contributed by atoms with E-state index in [1.54, 1.807) is 0 Å². The van der Waals surface area contributed by atoms with E-state index in [0.717, 1.165) is 44.9 Å². The first-order valence-corrected chi connectivity index (χ1v) is 9.12. The van der Waals surface area contributed by atoms with Crippen LogP contribution in [-0.2, 0) is 14.3 Å². The second-order valence-corrected chi connectivity index (χ2v) is 6.15. The highest BCUT2D eigenvalue weighted by molar-refractivity contribution is 5.71. The molecule has 0 aliphatic heterocycles. The molecule has 0 aliphatic rings. The van der Waals surface area contributed by atoms with Crippen molar-refractivity contribution in [2.75, 3.05) is 0 Å². The van der Waals surface area contributed by atoms with Crippen LogP contribution in [0, 0.1) is 0 Å². The molecule has 0 rings (SSSR count). The van der Waals surface area contributed by atoms with Crippen LogP contribution >= 0.6 is 0 Å². The second-order valence-electron chi connectivity index (χ2n) is 6.15. The molecule has 0 radical (unpaired) electrons. The number of carboxylic acid groups (broad SMARTS) is 1. The molecule has 0 aromatic carbocycles. The van der Waals surface area contributed by atoms with Crippen LogP contribution in [-0.4, -0.2) is 23.1 Å². The lowest BCUT2D eigenvalue weighted by atomic mass is 10.1. The number of rotatable bonds is 16. The molecule has 0 saturated heterocycles. The Kier molecular flexibility index (Phi) is 14.7. The van der Waals surface area contributed by atoms with Gasteiger partial charge in [-0.25, -0.2) is 0 Å². The van der Waals surface area contributed by atoms with Crippen LogP contribution in [0.1, 0.15) is 90.4 Å². The van der Waals surface area contributed by atoms with Crippen LogP contribution in [0.5, 0.6) is 0 Å². The van der Waals surface area contributed by atoms with Gasteiger partial charge in [0.1, 0.15) is 6.10 Å². The van der Waals surface area contributed by atoms with Gasteiger partial charge in [-0.05, 0) is 32.1 Å². The summed E-state index contributed by atoms with van der Waals surface area (Å²) in [6.07, 6.45) is 13.1. The number of carbonyl (C=O) groups is 2. The molecule has 0 amide bonds. The lowest BCUT2D eigenvalue weighted by Gasteiger charge is -2.16. The van der Waals surface area contributed by atoms with Crippen molar-refractivity contribution >= 4 is 11.9 Å². The smallest absolute Gasteiger partial charge is 0.307 e. The topological polar surface area (TPSA) is 63.6 Å². The van der Waals surface area contributed by atoms with Gasteiger partial charge in [0, 0.05) is 6.42 Å². The van der Waals surface area contributed by atoms with Crippen molar-refractivity contribution in [1.29, 1.82) is 0 Å². The molecule has 0 spiro atoms. The van der Waals surface area contributed by atoms with Crippen molar-refractivity contribution < 1.29 is 19.4 Å². The molecule has 0 aliphatic carbocycles. The van der Waals surface area contributed by atoms with Gasteiger partial charge < -0.3 is 9.84 Å². The van der Waals surface area contributed by atoms with Crippen LogP contribution in [0.15, 0.2) is 12.7 Å². The monoisotopic (exact) mass is 326 g/mol. The molecule has 0 heterocycles. The molecule has 1 N–H and O–H groups in total. The van der Waals surface area contributed by atoms with Crippen molar-refractivity contribution in [1.82, 2.24) is 0 Å². The lowest BCUT2D eigenvalue weighted by molar-refractivity contribution is -0.153. The van der Waals surface area contributed by atoms with E-state index in [2.05, 4.69) is 13.5 Å². The summed E-state index contributed by atoms with van der Waals surface area (Å²) in [7, 11) is 0. The molecule has 0 aromatic heterocycles. The first-order valence-electron chi connectivity index (χ1n) is 9.12. The Balaban J connectivity index is 3.76. The van der Waals surface area contributed by atoms with Gasteiger partial charge >= 0.3 is 11.9 Å². The van der Waals surface area contributed by atoms with Crippen molar-refractivity contribution in [3.8, 4) is 0 Å². The van der Waals surface area contributed by atoms with Crippen LogP contribution < -0.4 is 0 Å². The average Bonchev–Trinajstić information content (AvgIpc) is 2.49. The molecule has 134 valence electrons. The van der Waals surface area contributed by atoms with Crippen molar-refractivity contribution in [2.45, 2.75) is 96.5 Å². The van der Waals surface area contributed by atoms with E-state index < -0.39 is 12.1 Å². The number of carboxylic acids is 1. The van der Waals surface area contributed by atoms with Crippen LogP contribution in [0.3, 0.4) is 0 Å². The summed E-state index contributed by atoms with van der Waals surface area (Å²) in [5, 5.41) is 8.89. The third-order valence-electron chi connectivity index (χ3n) is 3.87. The minimum atomic E-state index is -0.904. The fourth-order valence-electron chi connectivity index (χ4n) is 2.53. The highest BCUT2D eigenvalue weighted by Gasteiger charge is 2.17. The number of ether oxygens (including phenoxy) is 1. The summed E-state index contributed by atoms with van der Waals surface area (Å²) >= 11 is 0. The van der Waals surface area contributed by atoms with Gasteiger partial charge in [-0.1, -0.05) is 51.5 Å². The van der Waals surface area contributed by atoms with Gasteiger partial charge in [-0.3, -0.25) is 9.59 Å². The molecule has 4 nitrogen and oxygen atoms in total. The number of carbonyl (C=O) groups excluding carboxylic acids is 1. The summed E-state index contributed by atoms with van der Waals surface area (Å²) in [4.78, 5) is 22.6. The van der Waals surface area contributed by atoms with Crippen molar-refractivity contribution in [2.24, 2.45) is 0 Å². The van der Waals surface area contributed by atoms with Gasteiger partial charge in [0.05, 0.1) is 6.42 Å². The minimum Gasteiger partial charge on any atom is -0.481 e. The number of hydrogen-bond donors (Lipinski definition) is 1. The fourth-order valence-corrected chi connectivity index (χ4v) is 2.53. The molecule has 4 heteroatoms. The second kappa shape index (κ2) is 15.6. The zero-order chi connectivity index (χ0) is 17.3. The molecule has 0 saturated carbocycles. The lowest BCUT2D eigenvalue weighted by Crippen LogP contribution is -2.21. The van der Waals surface area contributed by atoms with Crippen molar-refractivity contribution in [3.63, 3.8) is 0 Å². The molecule has 1 unspecified atom stereocenters. The zero-order valence-corrected chi connectivity index (χ0v) is 14.7. The third kappa shape index (κ3) is 15.4. The highest BCUT2D eigenvalue weighted by atomic mass is 16.5. The normalized spacial score (nSPS) is 11.9. The zero-order valence-electron chi connectivity index (χ0n) is 14.7. The van der Waals surface area contributed by atoms with E-state index in [1.165, 1.54) is 19.3 Å². The van der Waals surface area contributed by atoms with E-state index in [-0.39, 0.29) is 12.4 Å².